The van der Waals surface area contributed by atoms with E-state index in [0.29, 0.717) is 6.54 Å². The third-order valence-electron chi connectivity index (χ3n) is 2.89. The summed E-state index contributed by atoms with van der Waals surface area (Å²) in [6.45, 7) is 16.5. The summed E-state index contributed by atoms with van der Waals surface area (Å²) in [5.74, 6) is 0. The van der Waals surface area contributed by atoms with Crippen LogP contribution in [0.4, 0.5) is 4.79 Å². The number of amides is 1. The number of carbonyl (C=O) groups excluding carboxylic acids is 1. The Balaban J connectivity index is 4.27. The lowest BCUT2D eigenvalue weighted by Crippen LogP contribution is -2.50. The van der Waals surface area contributed by atoms with Gasteiger partial charge in [0.2, 0.25) is 0 Å². The molecule has 0 aliphatic carbocycles. The topological polar surface area (TPSA) is 41.6 Å². The number of unbranched alkanes of at least 4 members (excludes halogenated alkanes) is 2. The normalized spacial score (nSPS) is 12.3. The Morgan fingerprint density at radius 3 is 2.10 bits per heavy atom. The lowest BCUT2D eigenvalue weighted by atomic mass is 10.1. The van der Waals surface area contributed by atoms with Gasteiger partial charge in [-0.25, -0.2) is 4.79 Å². The summed E-state index contributed by atoms with van der Waals surface area (Å²) in [6.07, 6.45) is 3.44. The SMILES string of the molecule is CCCCCNCCN(C(=O)OC(C)(C)C)C(C)(C)C. The van der Waals surface area contributed by atoms with Gasteiger partial charge in [0.05, 0.1) is 0 Å². The van der Waals surface area contributed by atoms with Gasteiger partial charge in [0.1, 0.15) is 5.60 Å². The standard InChI is InChI=1S/C16H34N2O2/c1-8-9-10-11-17-12-13-18(15(2,3)4)14(19)20-16(5,6)7/h17H,8-13H2,1-7H3. The molecule has 0 radical (unpaired) electrons. The van der Waals surface area contributed by atoms with E-state index in [4.69, 9.17) is 4.74 Å². The van der Waals surface area contributed by atoms with E-state index >= 15 is 0 Å². The van der Waals surface area contributed by atoms with Gasteiger partial charge in [-0.15, -0.1) is 0 Å². The van der Waals surface area contributed by atoms with Crippen LogP contribution >= 0.6 is 0 Å². The van der Waals surface area contributed by atoms with E-state index < -0.39 is 5.60 Å². The molecule has 0 rings (SSSR count). The Morgan fingerprint density at radius 1 is 1.05 bits per heavy atom. The van der Waals surface area contributed by atoms with E-state index in [1.807, 2.05) is 41.5 Å². The highest BCUT2D eigenvalue weighted by Crippen LogP contribution is 2.17. The second-order valence-corrected chi connectivity index (χ2v) is 7.26. The summed E-state index contributed by atoms with van der Waals surface area (Å²) in [5.41, 5.74) is -0.678. The van der Waals surface area contributed by atoms with Crippen LogP contribution in [0.2, 0.25) is 0 Å². The van der Waals surface area contributed by atoms with Crippen LogP contribution in [0.1, 0.15) is 67.7 Å². The van der Waals surface area contributed by atoms with Crippen molar-refractivity contribution in [2.45, 2.75) is 78.9 Å². The van der Waals surface area contributed by atoms with Gasteiger partial charge in [-0.1, -0.05) is 19.8 Å². The Hall–Kier alpha value is -0.770. The molecule has 1 amide bonds. The first-order valence-corrected chi connectivity index (χ1v) is 7.79. The molecule has 4 nitrogen and oxygen atoms in total. The second kappa shape index (κ2) is 8.50. The molecule has 1 N–H and O–H groups in total. The maximum absolute atomic E-state index is 12.2. The molecule has 0 saturated heterocycles. The van der Waals surface area contributed by atoms with Crippen LogP contribution in [0.3, 0.4) is 0 Å². The summed E-state index contributed by atoms with van der Waals surface area (Å²) in [7, 11) is 0. The highest BCUT2D eigenvalue weighted by molar-refractivity contribution is 5.69. The van der Waals surface area contributed by atoms with Crippen LogP contribution in [0.15, 0.2) is 0 Å². The largest absolute Gasteiger partial charge is 0.444 e. The molecule has 120 valence electrons. The minimum atomic E-state index is -0.449. The van der Waals surface area contributed by atoms with Crippen molar-refractivity contribution in [2.24, 2.45) is 0 Å². The van der Waals surface area contributed by atoms with E-state index in [1.165, 1.54) is 19.3 Å². The minimum absolute atomic E-state index is 0.229. The number of nitrogens with one attached hydrogen (secondary N) is 1. The Morgan fingerprint density at radius 2 is 1.65 bits per heavy atom. The molecule has 0 aromatic rings. The van der Waals surface area contributed by atoms with Crippen molar-refractivity contribution in [1.82, 2.24) is 10.2 Å². The van der Waals surface area contributed by atoms with Crippen LogP contribution in [0.25, 0.3) is 0 Å². The van der Waals surface area contributed by atoms with Gasteiger partial charge in [-0.2, -0.15) is 0 Å². The van der Waals surface area contributed by atoms with E-state index in [0.717, 1.165) is 13.1 Å². The number of rotatable bonds is 7. The van der Waals surface area contributed by atoms with Crippen LogP contribution < -0.4 is 5.32 Å². The third-order valence-corrected chi connectivity index (χ3v) is 2.89. The zero-order chi connectivity index (χ0) is 15.8. The van der Waals surface area contributed by atoms with E-state index in [1.54, 1.807) is 4.90 Å². The number of nitrogens with zero attached hydrogens (tertiary/aromatic N) is 1. The molecule has 0 atom stereocenters. The smallest absolute Gasteiger partial charge is 0.410 e. The molecule has 0 saturated carbocycles. The summed E-state index contributed by atoms with van der Waals surface area (Å²) in [5, 5.41) is 3.39. The van der Waals surface area contributed by atoms with Gasteiger partial charge >= 0.3 is 6.09 Å². The molecule has 0 aromatic carbocycles. The fourth-order valence-corrected chi connectivity index (χ4v) is 1.83. The van der Waals surface area contributed by atoms with Gasteiger partial charge in [0.25, 0.3) is 0 Å². The number of hydrogen-bond donors (Lipinski definition) is 1. The first-order chi connectivity index (χ1) is 9.08. The van der Waals surface area contributed by atoms with Gasteiger partial charge in [0, 0.05) is 18.6 Å². The van der Waals surface area contributed by atoms with E-state index in [9.17, 15) is 4.79 Å². The Bertz CT molecular complexity index is 277. The first-order valence-electron chi connectivity index (χ1n) is 7.79. The molecule has 20 heavy (non-hydrogen) atoms. The third kappa shape index (κ3) is 9.18. The van der Waals surface area contributed by atoms with Gasteiger partial charge in [0.15, 0.2) is 0 Å². The lowest BCUT2D eigenvalue weighted by molar-refractivity contribution is 0.00666. The van der Waals surface area contributed by atoms with Crippen molar-refractivity contribution in [3.05, 3.63) is 0 Å². The highest BCUT2D eigenvalue weighted by Gasteiger charge is 2.30. The van der Waals surface area contributed by atoms with Crippen molar-refractivity contribution in [3.63, 3.8) is 0 Å². The van der Waals surface area contributed by atoms with Gasteiger partial charge < -0.3 is 15.0 Å². The van der Waals surface area contributed by atoms with Crippen LogP contribution in [0, 0.1) is 0 Å². The summed E-state index contributed by atoms with van der Waals surface area (Å²) < 4.78 is 5.48. The van der Waals surface area contributed by atoms with Crippen molar-refractivity contribution in [1.29, 1.82) is 0 Å². The molecule has 0 bridgehead atoms. The molecular formula is C16H34N2O2. The van der Waals surface area contributed by atoms with Crippen molar-refractivity contribution < 1.29 is 9.53 Å². The predicted molar refractivity (Wildman–Crippen MR) is 85.1 cm³/mol. The van der Waals surface area contributed by atoms with E-state index in [2.05, 4.69) is 12.2 Å². The molecule has 0 spiro atoms. The number of ether oxygens (including phenoxy) is 1. The Kier molecular flexibility index (Phi) is 8.17. The molecule has 0 aliphatic rings. The molecule has 0 aliphatic heterocycles. The molecular weight excluding hydrogens is 252 g/mol. The average Bonchev–Trinajstić information content (AvgIpc) is 2.23. The molecule has 4 heteroatoms. The van der Waals surface area contributed by atoms with Crippen molar-refractivity contribution in [2.75, 3.05) is 19.6 Å². The van der Waals surface area contributed by atoms with Crippen molar-refractivity contribution >= 4 is 6.09 Å². The molecule has 0 aromatic heterocycles. The summed E-state index contributed by atoms with van der Waals surface area (Å²) >= 11 is 0. The minimum Gasteiger partial charge on any atom is -0.444 e. The van der Waals surface area contributed by atoms with Crippen LogP contribution in [-0.4, -0.2) is 41.8 Å². The monoisotopic (exact) mass is 286 g/mol. The zero-order valence-corrected chi connectivity index (χ0v) is 14.5. The summed E-state index contributed by atoms with van der Waals surface area (Å²) in [6, 6.07) is 0. The quantitative estimate of drug-likeness (QED) is 0.724. The van der Waals surface area contributed by atoms with Crippen LogP contribution in [-0.2, 0) is 4.74 Å². The summed E-state index contributed by atoms with van der Waals surface area (Å²) in [4.78, 5) is 14.0. The molecule has 0 heterocycles. The predicted octanol–water partition coefficient (Wildman–Crippen LogP) is 3.80. The fourth-order valence-electron chi connectivity index (χ4n) is 1.83. The fraction of sp³-hybridized carbons (Fsp3) is 0.938. The molecule has 0 fully saturated rings. The second-order valence-electron chi connectivity index (χ2n) is 7.26. The Labute approximate surface area is 125 Å². The lowest BCUT2D eigenvalue weighted by Gasteiger charge is -2.36. The molecule has 0 unspecified atom stereocenters. The van der Waals surface area contributed by atoms with Crippen molar-refractivity contribution in [3.8, 4) is 0 Å². The highest BCUT2D eigenvalue weighted by atomic mass is 16.6. The average molecular weight is 286 g/mol. The maximum Gasteiger partial charge on any atom is 0.410 e. The van der Waals surface area contributed by atoms with Crippen LogP contribution in [0.5, 0.6) is 0 Å². The maximum atomic E-state index is 12.2. The number of carbonyl (C=O) groups is 1. The zero-order valence-electron chi connectivity index (χ0n) is 14.5. The van der Waals surface area contributed by atoms with Gasteiger partial charge in [-0.05, 0) is 54.5 Å². The first kappa shape index (κ1) is 19.2. The van der Waals surface area contributed by atoms with Gasteiger partial charge in [-0.3, -0.25) is 0 Å². The number of hydrogen-bond acceptors (Lipinski definition) is 3. The van der Waals surface area contributed by atoms with E-state index in [-0.39, 0.29) is 11.6 Å².